The third kappa shape index (κ3) is 3.46. The molecule has 4 nitrogen and oxygen atoms in total. The summed E-state index contributed by atoms with van der Waals surface area (Å²) in [6, 6.07) is 0. The number of hydrogen-bond acceptors (Lipinski definition) is 3. The standard InChI is InChI=1S/C16H29NO3/c1-15(2,3)20-14(19)17-10-8-16(12-18,9-11-17)13-6-4-5-7-13/h13,18H,4-12H2,1-3H3. The zero-order valence-corrected chi connectivity index (χ0v) is 13.2. The largest absolute Gasteiger partial charge is 0.444 e. The number of amides is 1. The number of aliphatic hydroxyl groups excluding tert-OH is 1. The molecule has 0 bridgehead atoms. The van der Waals surface area contributed by atoms with E-state index in [1.807, 2.05) is 20.8 Å². The van der Waals surface area contributed by atoms with E-state index in [4.69, 9.17) is 4.74 Å². The number of likely N-dealkylation sites (tertiary alicyclic amines) is 1. The molecule has 0 spiro atoms. The first-order valence-corrected chi connectivity index (χ1v) is 7.95. The van der Waals surface area contributed by atoms with Gasteiger partial charge in [-0.25, -0.2) is 4.79 Å². The van der Waals surface area contributed by atoms with Gasteiger partial charge in [0.2, 0.25) is 0 Å². The van der Waals surface area contributed by atoms with Gasteiger partial charge in [0.25, 0.3) is 0 Å². The normalized spacial score (nSPS) is 23.9. The molecule has 2 rings (SSSR count). The fraction of sp³-hybridized carbons (Fsp3) is 0.938. The predicted octanol–water partition coefficient (Wildman–Crippen LogP) is 3.19. The van der Waals surface area contributed by atoms with E-state index in [9.17, 15) is 9.90 Å². The first kappa shape index (κ1) is 15.6. The second kappa shape index (κ2) is 5.92. The number of ether oxygens (including phenoxy) is 1. The molecule has 1 N–H and O–H groups in total. The summed E-state index contributed by atoms with van der Waals surface area (Å²) in [5.74, 6) is 0.647. The quantitative estimate of drug-likeness (QED) is 0.846. The summed E-state index contributed by atoms with van der Waals surface area (Å²) in [7, 11) is 0. The summed E-state index contributed by atoms with van der Waals surface area (Å²) in [4.78, 5) is 13.9. The molecule has 1 saturated heterocycles. The van der Waals surface area contributed by atoms with Crippen LogP contribution in [0.5, 0.6) is 0 Å². The van der Waals surface area contributed by atoms with Crippen molar-refractivity contribution >= 4 is 6.09 Å². The van der Waals surface area contributed by atoms with E-state index >= 15 is 0 Å². The van der Waals surface area contributed by atoms with Crippen molar-refractivity contribution < 1.29 is 14.6 Å². The maximum absolute atomic E-state index is 12.1. The smallest absolute Gasteiger partial charge is 0.410 e. The van der Waals surface area contributed by atoms with E-state index in [2.05, 4.69) is 0 Å². The second-order valence-corrected chi connectivity index (χ2v) is 7.47. The molecule has 0 atom stereocenters. The molecule has 0 aromatic rings. The van der Waals surface area contributed by atoms with Crippen LogP contribution in [0.25, 0.3) is 0 Å². The van der Waals surface area contributed by atoms with Crippen LogP contribution in [0.4, 0.5) is 4.79 Å². The Kier molecular flexibility index (Phi) is 4.62. The average Bonchev–Trinajstić information content (AvgIpc) is 2.91. The van der Waals surface area contributed by atoms with Crippen LogP contribution >= 0.6 is 0 Å². The Labute approximate surface area is 122 Å². The lowest BCUT2D eigenvalue weighted by Crippen LogP contribution is -2.48. The van der Waals surface area contributed by atoms with Crippen LogP contribution in [-0.4, -0.2) is 41.4 Å². The van der Waals surface area contributed by atoms with Crippen molar-refractivity contribution in [1.29, 1.82) is 0 Å². The van der Waals surface area contributed by atoms with E-state index in [-0.39, 0.29) is 18.1 Å². The van der Waals surface area contributed by atoms with E-state index in [0.717, 1.165) is 12.8 Å². The summed E-state index contributed by atoms with van der Waals surface area (Å²) in [5, 5.41) is 9.88. The molecular weight excluding hydrogens is 254 g/mol. The molecule has 0 aromatic carbocycles. The molecule has 0 aromatic heterocycles. The van der Waals surface area contributed by atoms with Gasteiger partial charge in [-0.05, 0) is 57.8 Å². The van der Waals surface area contributed by atoms with Crippen LogP contribution in [0, 0.1) is 11.3 Å². The van der Waals surface area contributed by atoms with Crippen LogP contribution < -0.4 is 0 Å². The Balaban J connectivity index is 1.92. The molecule has 116 valence electrons. The molecule has 0 radical (unpaired) electrons. The second-order valence-electron chi connectivity index (χ2n) is 7.47. The van der Waals surface area contributed by atoms with Crippen molar-refractivity contribution in [1.82, 2.24) is 4.90 Å². The first-order valence-electron chi connectivity index (χ1n) is 7.95. The van der Waals surface area contributed by atoms with Gasteiger partial charge in [-0.15, -0.1) is 0 Å². The molecule has 1 amide bonds. The van der Waals surface area contributed by atoms with Crippen LogP contribution in [0.1, 0.15) is 59.3 Å². The highest BCUT2D eigenvalue weighted by Crippen LogP contribution is 2.46. The third-order valence-corrected chi connectivity index (χ3v) is 4.95. The third-order valence-electron chi connectivity index (χ3n) is 4.95. The minimum Gasteiger partial charge on any atom is -0.444 e. The maximum atomic E-state index is 12.1. The van der Waals surface area contributed by atoms with Crippen molar-refractivity contribution in [2.45, 2.75) is 64.9 Å². The van der Waals surface area contributed by atoms with Gasteiger partial charge < -0.3 is 14.7 Å². The van der Waals surface area contributed by atoms with E-state index in [1.165, 1.54) is 25.7 Å². The lowest BCUT2D eigenvalue weighted by molar-refractivity contribution is -0.0204. The van der Waals surface area contributed by atoms with Crippen molar-refractivity contribution in [3.05, 3.63) is 0 Å². The number of carbonyl (C=O) groups excluding carboxylic acids is 1. The lowest BCUT2D eigenvalue weighted by Gasteiger charge is -2.44. The number of carbonyl (C=O) groups is 1. The zero-order valence-electron chi connectivity index (χ0n) is 13.2. The molecule has 20 heavy (non-hydrogen) atoms. The highest BCUT2D eigenvalue weighted by Gasteiger charge is 2.43. The minimum atomic E-state index is -0.436. The summed E-state index contributed by atoms with van der Waals surface area (Å²) < 4.78 is 5.43. The van der Waals surface area contributed by atoms with Crippen LogP contribution in [0.3, 0.4) is 0 Å². The van der Waals surface area contributed by atoms with Gasteiger partial charge in [0, 0.05) is 19.7 Å². The summed E-state index contributed by atoms with van der Waals surface area (Å²) in [5.41, 5.74) is -0.386. The fourth-order valence-electron chi connectivity index (χ4n) is 3.69. The number of rotatable bonds is 2. The van der Waals surface area contributed by atoms with Gasteiger partial charge in [0.05, 0.1) is 0 Å². The average molecular weight is 283 g/mol. The zero-order chi connectivity index (χ0) is 14.8. The number of hydrogen-bond donors (Lipinski definition) is 1. The van der Waals surface area contributed by atoms with Crippen molar-refractivity contribution in [2.75, 3.05) is 19.7 Å². The van der Waals surface area contributed by atoms with Crippen molar-refractivity contribution in [2.24, 2.45) is 11.3 Å². The van der Waals surface area contributed by atoms with Gasteiger partial charge in [-0.1, -0.05) is 12.8 Å². The Morgan fingerprint density at radius 3 is 2.25 bits per heavy atom. The van der Waals surface area contributed by atoms with Crippen LogP contribution in [0.2, 0.25) is 0 Å². The van der Waals surface area contributed by atoms with Crippen molar-refractivity contribution in [3.63, 3.8) is 0 Å². The monoisotopic (exact) mass is 283 g/mol. The molecular formula is C16H29NO3. The molecule has 1 heterocycles. The molecule has 1 aliphatic heterocycles. The number of aliphatic hydroxyl groups is 1. The topological polar surface area (TPSA) is 49.8 Å². The van der Waals surface area contributed by atoms with Gasteiger partial charge in [0.1, 0.15) is 5.60 Å². The van der Waals surface area contributed by atoms with E-state index in [1.54, 1.807) is 4.90 Å². The van der Waals surface area contributed by atoms with Crippen LogP contribution in [-0.2, 0) is 4.74 Å². The summed E-state index contributed by atoms with van der Waals surface area (Å²) in [6.45, 7) is 7.37. The molecule has 2 fully saturated rings. The Bertz CT molecular complexity index is 334. The highest BCUT2D eigenvalue weighted by molar-refractivity contribution is 5.68. The highest BCUT2D eigenvalue weighted by atomic mass is 16.6. The molecule has 1 saturated carbocycles. The van der Waals surface area contributed by atoms with E-state index < -0.39 is 5.60 Å². The lowest BCUT2D eigenvalue weighted by atomic mass is 9.68. The maximum Gasteiger partial charge on any atom is 0.410 e. The SMILES string of the molecule is CC(C)(C)OC(=O)N1CCC(CO)(C2CCCC2)CC1. The first-order chi connectivity index (χ1) is 9.36. The fourth-order valence-corrected chi connectivity index (χ4v) is 3.69. The summed E-state index contributed by atoms with van der Waals surface area (Å²) in [6.07, 6.45) is 6.68. The van der Waals surface area contributed by atoms with Gasteiger partial charge in [-0.3, -0.25) is 0 Å². The van der Waals surface area contributed by atoms with Gasteiger partial charge in [-0.2, -0.15) is 0 Å². The molecule has 1 aliphatic carbocycles. The molecule has 2 aliphatic rings. The van der Waals surface area contributed by atoms with Crippen molar-refractivity contribution in [3.8, 4) is 0 Å². The Hall–Kier alpha value is -0.770. The Morgan fingerprint density at radius 1 is 1.25 bits per heavy atom. The van der Waals surface area contributed by atoms with Gasteiger partial charge >= 0.3 is 6.09 Å². The van der Waals surface area contributed by atoms with Crippen LogP contribution in [0.15, 0.2) is 0 Å². The van der Waals surface area contributed by atoms with Gasteiger partial charge in [0.15, 0.2) is 0 Å². The number of nitrogens with zero attached hydrogens (tertiary/aromatic N) is 1. The molecule has 4 heteroatoms. The molecule has 0 unspecified atom stereocenters. The Morgan fingerprint density at radius 2 is 1.80 bits per heavy atom. The number of piperidine rings is 1. The predicted molar refractivity (Wildman–Crippen MR) is 78.5 cm³/mol. The minimum absolute atomic E-state index is 0.0506. The summed E-state index contributed by atoms with van der Waals surface area (Å²) >= 11 is 0. The van der Waals surface area contributed by atoms with E-state index in [0.29, 0.717) is 19.0 Å².